The van der Waals surface area contributed by atoms with Crippen molar-refractivity contribution < 1.29 is 19.0 Å². The van der Waals surface area contributed by atoms with Crippen LogP contribution in [0.25, 0.3) is 11.1 Å². The molecule has 0 amide bonds. The third-order valence-electron chi connectivity index (χ3n) is 7.09. The molecular weight excluding hydrogens is 447 g/mol. The molecule has 1 aliphatic heterocycles. The van der Waals surface area contributed by atoms with Crippen molar-refractivity contribution in [1.82, 2.24) is 10.3 Å². The van der Waals surface area contributed by atoms with Crippen molar-refractivity contribution in [2.75, 3.05) is 44.1 Å². The van der Waals surface area contributed by atoms with E-state index < -0.39 is 5.60 Å². The van der Waals surface area contributed by atoms with Crippen LogP contribution >= 0.6 is 0 Å². The van der Waals surface area contributed by atoms with E-state index in [1.165, 1.54) is 6.20 Å². The van der Waals surface area contributed by atoms with Crippen LogP contribution in [0, 0.1) is 5.82 Å². The van der Waals surface area contributed by atoms with Crippen molar-refractivity contribution >= 4 is 11.5 Å². The summed E-state index contributed by atoms with van der Waals surface area (Å²) < 4.78 is 25.3. The highest BCUT2D eigenvalue weighted by Crippen LogP contribution is 2.29. The first-order chi connectivity index (χ1) is 16.9. The highest BCUT2D eigenvalue weighted by atomic mass is 19.1. The quantitative estimate of drug-likeness (QED) is 0.401. The molecule has 0 radical (unpaired) electrons. The number of halogens is 1. The van der Waals surface area contributed by atoms with Crippen LogP contribution in [0.15, 0.2) is 36.5 Å². The van der Waals surface area contributed by atoms with Crippen molar-refractivity contribution in [1.29, 1.82) is 0 Å². The molecule has 2 heterocycles. The number of nitrogens with zero attached hydrogens (tertiary/aromatic N) is 1. The second kappa shape index (κ2) is 12.1. The summed E-state index contributed by atoms with van der Waals surface area (Å²) >= 11 is 0. The van der Waals surface area contributed by atoms with E-state index in [-0.39, 0.29) is 5.82 Å². The van der Waals surface area contributed by atoms with Gasteiger partial charge in [0.2, 0.25) is 0 Å². The summed E-state index contributed by atoms with van der Waals surface area (Å²) in [6, 6.07) is 10.6. The summed E-state index contributed by atoms with van der Waals surface area (Å²) in [6.07, 6.45) is 6.77. The molecule has 1 saturated heterocycles. The molecule has 1 aliphatic carbocycles. The second-order valence-corrected chi connectivity index (χ2v) is 10.0. The first-order valence-corrected chi connectivity index (χ1v) is 12.8. The number of rotatable bonds is 10. The van der Waals surface area contributed by atoms with E-state index in [0.717, 1.165) is 36.9 Å². The average molecular weight is 487 g/mol. The van der Waals surface area contributed by atoms with Gasteiger partial charge >= 0.3 is 0 Å². The van der Waals surface area contributed by atoms with Crippen molar-refractivity contribution in [2.24, 2.45) is 0 Å². The van der Waals surface area contributed by atoms with Crippen molar-refractivity contribution in [3.05, 3.63) is 42.3 Å². The van der Waals surface area contributed by atoms with Crippen LogP contribution < -0.4 is 16.0 Å². The van der Waals surface area contributed by atoms with Gasteiger partial charge in [-0.15, -0.1) is 0 Å². The fourth-order valence-electron chi connectivity index (χ4n) is 5.04. The normalized spacial score (nSPS) is 23.0. The molecule has 2 fully saturated rings. The lowest BCUT2D eigenvalue weighted by molar-refractivity contribution is -0.0543. The molecule has 7 nitrogen and oxygen atoms in total. The minimum absolute atomic E-state index is 0.324. The van der Waals surface area contributed by atoms with Gasteiger partial charge < -0.3 is 30.5 Å². The highest BCUT2D eigenvalue weighted by molar-refractivity contribution is 5.70. The Labute approximate surface area is 207 Å². The zero-order valence-electron chi connectivity index (χ0n) is 20.9. The van der Waals surface area contributed by atoms with E-state index in [1.807, 2.05) is 24.3 Å². The maximum atomic E-state index is 14.8. The van der Waals surface area contributed by atoms with Gasteiger partial charge in [-0.2, -0.15) is 0 Å². The predicted octanol–water partition coefficient (Wildman–Crippen LogP) is 4.19. The molecule has 1 saturated carbocycles. The number of benzene rings is 1. The average Bonchev–Trinajstić information content (AvgIpc) is 2.86. The molecule has 0 spiro atoms. The Morgan fingerprint density at radius 2 is 1.91 bits per heavy atom. The van der Waals surface area contributed by atoms with E-state index in [0.29, 0.717) is 68.7 Å². The molecule has 4 rings (SSSR count). The summed E-state index contributed by atoms with van der Waals surface area (Å²) in [4.78, 5) is 4.30. The number of aliphatic hydroxyl groups is 1. The van der Waals surface area contributed by atoms with E-state index >= 15 is 0 Å². The summed E-state index contributed by atoms with van der Waals surface area (Å²) in [7, 11) is 1.73. The number of nitrogens with one attached hydrogen (secondary N) is 3. The fraction of sp³-hybridized carbons (Fsp3) is 0.593. The topological polar surface area (TPSA) is 87.7 Å². The van der Waals surface area contributed by atoms with Gasteiger partial charge in [0.25, 0.3) is 0 Å². The van der Waals surface area contributed by atoms with Crippen LogP contribution in [0.5, 0.6) is 0 Å². The maximum absolute atomic E-state index is 14.8. The summed E-state index contributed by atoms with van der Waals surface area (Å²) in [5.41, 5.74) is 1.36. The van der Waals surface area contributed by atoms with Crippen LogP contribution in [0.3, 0.4) is 0 Å². The lowest BCUT2D eigenvalue weighted by Gasteiger charge is -2.32. The molecule has 4 N–H and O–H groups in total. The number of hydrogen-bond donors (Lipinski definition) is 4. The van der Waals surface area contributed by atoms with Gasteiger partial charge in [0.1, 0.15) is 11.6 Å². The summed E-state index contributed by atoms with van der Waals surface area (Å²) in [6.45, 7) is 4.44. The van der Waals surface area contributed by atoms with E-state index in [1.54, 1.807) is 13.2 Å². The third kappa shape index (κ3) is 7.36. The Bertz CT molecular complexity index is 946. The van der Waals surface area contributed by atoms with Crippen LogP contribution in [0.4, 0.5) is 15.9 Å². The Morgan fingerprint density at radius 1 is 1.17 bits per heavy atom. The van der Waals surface area contributed by atoms with E-state index in [2.05, 4.69) is 27.9 Å². The second-order valence-electron chi connectivity index (χ2n) is 10.0. The van der Waals surface area contributed by atoms with Gasteiger partial charge in [-0.3, -0.25) is 0 Å². The lowest BCUT2D eigenvalue weighted by Crippen LogP contribution is -2.42. The molecule has 35 heavy (non-hydrogen) atoms. The van der Waals surface area contributed by atoms with Crippen molar-refractivity contribution in [3.8, 4) is 11.1 Å². The standard InChI is InChI=1S/C27H39FN4O3/c1-19(17-34-2)31-21-6-8-22(9-7-21)32-26-15-24(25(28)16-29-26)20-4-3-5-23(14-20)30-18-27(33)10-12-35-13-11-27/h3-5,14-16,19,21-22,30-31,33H,6-13,17-18H2,1-2H3,(H,29,32). The molecule has 1 aromatic carbocycles. The first kappa shape index (κ1) is 25.8. The number of methoxy groups -OCH3 is 1. The molecular formula is C27H39FN4O3. The van der Waals surface area contributed by atoms with Gasteiger partial charge in [0.05, 0.1) is 18.4 Å². The molecule has 0 bridgehead atoms. The number of anilines is 2. The van der Waals surface area contributed by atoms with E-state index in [9.17, 15) is 9.50 Å². The number of aromatic nitrogens is 1. The number of ether oxygens (including phenoxy) is 2. The molecule has 1 aromatic heterocycles. The van der Waals surface area contributed by atoms with Crippen LogP contribution in [-0.4, -0.2) is 67.3 Å². The first-order valence-electron chi connectivity index (χ1n) is 12.8. The lowest BCUT2D eigenvalue weighted by atomic mass is 9.90. The number of pyridine rings is 1. The molecule has 192 valence electrons. The van der Waals surface area contributed by atoms with Crippen LogP contribution in [0.1, 0.15) is 45.4 Å². The van der Waals surface area contributed by atoms with Gasteiger partial charge in [0, 0.05) is 69.1 Å². The Morgan fingerprint density at radius 3 is 2.66 bits per heavy atom. The minimum atomic E-state index is -0.774. The van der Waals surface area contributed by atoms with E-state index in [4.69, 9.17) is 9.47 Å². The van der Waals surface area contributed by atoms with Gasteiger partial charge in [-0.25, -0.2) is 9.37 Å². The zero-order valence-corrected chi connectivity index (χ0v) is 20.9. The summed E-state index contributed by atoms with van der Waals surface area (Å²) in [5, 5.41) is 21.2. The smallest absolute Gasteiger partial charge is 0.149 e. The molecule has 2 aromatic rings. The third-order valence-corrected chi connectivity index (χ3v) is 7.09. The number of hydrogen-bond acceptors (Lipinski definition) is 7. The predicted molar refractivity (Wildman–Crippen MR) is 137 cm³/mol. The van der Waals surface area contributed by atoms with Gasteiger partial charge in [-0.1, -0.05) is 12.1 Å². The molecule has 8 heteroatoms. The Balaban J connectivity index is 1.36. The van der Waals surface area contributed by atoms with Gasteiger partial charge in [0.15, 0.2) is 0 Å². The minimum Gasteiger partial charge on any atom is -0.388 e. The highest BCUT2D eigenvalue weighted by Gasteiger charge is 2.29. The van der Waals surface area contributed by atoms with Crippen LogP contribution in [0.2, 0.25) is 0 Å². The Kier molecular flexibility index (Phi) is 8.94. The molecule has 2 aliphatic rings. The molecule has 1 atom stereocenters. The van der Waals surface area contributed by atoms with Crippen molar-refractivity contribution in [3.63, 3.8) is 0 Å². The monoisotopic (exact) mass is 486 g/mol. The summed E-state index contributed by atoms with van der Waals surface area (Å²) in [5.74, 6) is 0.344. The largest absolute Gasteiger partial charge is 0.388 e. The fourth-order valence-corrected chi connectivity index (χ4v) is 5.04. The SMILES string of the molecule is COCC(C)NC1CCC(Nc2cc(-c3cccc(NCC4(O)CCOCC4)c3)c(F)cn2)CC1. The van der Waals surface area contributed by atoms with Crippen LogP contribution in [-0.2, 0) is 9.47 Å². The Hall–Kier alpha value is -2.26. The maximum Gasteiger partial charge on any atom is 0.149 e. The van der Waals surface area contributed by atoms with Crippen molar-refractivity contribution in [2.45, 2.75) is 69.2 Å². The van der Waals surface area contributed by atoms with Gasteiger partial charge in [-0.05, 0) is 56.4 Å². The zero-order chi connectivity index (χ0) is 24.7. The molecule has 1 unspecified atom stereocenters.